The number of allylic oxidation sites excluding steroid dienone is 6. The number of hydrogen-bond acceptors (Lipinski definition) is 0. The van der Waals surface area contributed by atoms with Gasteiger partial charge in [-0.15, -0.1) is 0 Å². The maximum atomic E-state index is 2.42. The highest BCUT2D eigenvalue weighted by atomic mass is 14.2. The van der Waals surface area contributed by atoms with E-state index in [1.807, 2.05) is 0 Å². The van der Waals surface area contributed by atoms with Crippen molar-refractivity contribution in [1.29, 1.82) is 0 Å². The summed E-state index contributed by atoms with van der Waals surface area (Å²) in [6.45, 7) is 11.5. The summed E-state index contributed by atoms with van der Waals surface area (Å²) < 4.78 is 0. The first-order valence-corrected chi connectivity index (χ1v) is 6.92. The minimum atomic E-state index is 0.285. The summed E-state index contributed by atoms with van der Waals surface area (Å²) in [6, 6.07) is 0. The zero-order valence-corrected chi connectivity index (χ0v) is 12.2. The van der Waals surface area contributed by atoms with Crippen LogP contribution < -0.4 is 0 Å². The van der Waals surface area contributed by atoms with Crippen LogP contribution in [0.2, 0.25) is 0 Å². The Hall–Kier alpha value is -0.780. The van der Waals surface area contributed by atoms with Gasteiger partial charge in [0, 0.05) is 0 Å². The molecule has 0 N–H and O–H groups in total. The first-order chi connectivity index (χ1) is 7.91. The summed E-state index contributed by atoms with van der Waals surface area (Å²) in [6.07, 6.45) is 15.4. The van der Waals surface area contributed by atoms with Crippen LogP contribution in [0.25, 0.3) is 0 Å². The van der Waals surface area contributed by atoms with E-state index < -0.39 is 0 Å². The van der Waals surface area contributed by atoms with Crippen molar-refractivity contribution in [3.05, 3.63) is 36.0 Å². The molecular weight excluding hydrogens is 204 g/mol. The molecule has 0 aromatic heterocycles. The molecule has 0 unspecified atom stereocenters. The maximum Gasteiger partial charge on any atom is -0.00542 e. The highest BCUT2D eigenvalue weighted by molar-refractivity contribution is 5.13. The third-order valence-electron chi connectivity index (χ3n) is 3.75. The molecule has 0 amide bonds. The molecule has 0 saturated carbocycles. The summed E-state index contributed by atoms with van der Waals surface area (Å²) in [4.78, 5) is 0. The van der Waals surface area contributed by atoms with Gasteiger partial charge in [0.15, 0.2) is 0 Å². The van der Waals surface area contributed by atoms with Crippen LogP contribution in [-0.2, 0) is 0 Å². The third-order valence-corrected chi connectivity index (χ3v) is 3.75. The number of hydrogen-bond donors (Lipinski definition) is 0. The van der Waals surface area contributed by atoms with Crippen molar-refractivity contribution in [2.24, 2.45) is 17.3 Å². The summed E-state index contributed by atoms with van der Waals surface area (Å²) in [5.74, 6) is 1.34. The van der Waals surface area contributed by atoms with E-state index in [4.69, 9.17) is 0 Å². The normalized spacial score (nSPS) is 37.1. The smallest absolute Gasteiger partial charge is 0.00542 e. The topological polar surface area (TPSA) is 0 Å². The van der Waals surface area contributed by atoms with Gasteiger partial charge in [0.25, 0.3) is 0 Å². The largest absolute Gasteiger partial charge is 0.0882 e. The zero-order chi connectivity index (χ0) is 12.9. The van der Waals surface area contributed by atoms with E-state index in [1.165, 1.54) is 18.4 Å². The third kappa shape index (κ3) is 5.39. The van der Waals surface area contributed by atoms with Crippen LogP contribution in [0.4, 0.5) is 0 Å². The highest BCUT2D eigenvalue weighted by Gasteiger charge is 2.13. The average molecular weight is 232 g/mol. The van der Waals surface area contributed by atoms with Gasteiger partial charge in [0.1, 0.15) is 0 Å². The van der Waals surface area contributed by atoms with Crippen LogP contribution in [0.15, 0.2) is 36.0 Å². The molecule has 0 bridgehead atoms. The summed E-state index contributed by atoms with van der Waals surface area (Å²) in [7, 11) is 0. The molecule has 0 aromatic carbocycles. The maximum absolute atomic E-state index is 2.42. The average Bonchev–Trinajstić information content (AvgIpc) is 2.27. The molecule has 17 heavy (non-hydrogen) atoms. The first kappa shape index (κ1) is 14.3. The van der Waals surface area contributed by atoms with Gasteiger partial charge in [-0.05, 0) is 43.4 Å². The lowest BCUT2D eigenvalue weighted by atomic mass is 9.85. The molecule has 0 saturated heterocycles. The Balaban J connectivity index is 2.86. The van der Waals surface area contributed by atoms with Crippen molar-refractivity contribution in [2.75, 3.05) is 0 Å². The molecule has 0 aliphatic heterocycles. The van der Waals surface area contributed by atoms with Gasteiger partial charge in [-0.25, -0.2) is 0 Å². The molecule has 2 atom stereocenters. The molecule has 0 heteroatoms. The van der Waals surface area contributed by atoms with Gasteiger partial charge in [0.05, 0.1) is 0 Å². The fourth-order valence-corrected chi connectivity index (χ4v) is 2.01. The zero-order valence-electron chi connectivity index (χ0n) is 12.2. The predicted octanol–water partition coefficient (Wildman–Crippen LogP) is 5.53. The molecule has 1 aliphatic carbocycles. The molecule has 1 rings (SSSR count). The lowest BCUT2D eigenvalue weighted by Gasteiger charge is -2.20. The molecular formula is C17H28. The fourth-order valence-electron chi connectivity index (χ4n) is 2.01. The molecule has 0 radical (unpaired) electrons. The van der Waals surface area contributed by atoms with Crippen molar-refractivity contribution < 1.29 is 0 Å². The van der Waals surface area contributed by atoms with Crippen molar-refractivity contribution >= 4 is 0 Å². The predicted molar refractivity (Wildman–Crippen MR) is 78.0 cm³/mol. The molecule has 96 valence electrons. The Labute approximate surface area is 108 Å². The fraction of sp³-hybridized carbons (Fsp3) is 0.647. The Morgan fingerprint density at radius 2 is 1.82 bits per heavy atom. The lowest BCUT2D eigenvalue weighted by Crippen LogP contribution is -2.07. The highest BCUT2D eigenvalue weighted by Crippen LogP contribution is 2.26. The molecule has 0 fully saturated rings. The molecule has 0 aromatic rings. The second-order valence-corrected chi connectivity index (χ2v) is 6.34. The lowest BCUT2D eigenvalue weighted by molar-refractivity contribution is 0.482. The monoisotopic (exact) mass is 232 g/mol. The van der Waals surface area contributed by atoms with Gasteiger partial charge in [0.2, 0.25) is 0 Å². The van der Waals surface area contributed by atoms with Gasteiger partial charge in [-0.2, -0.15) is 0 Å². The minimum Gasteiger partial charge on any atom is -0.0882 e. The van der Waals surface area contributed by atoms with Gasteiger partial charge < -0.3 is 0 Å². The van der Waals surface area contributed by atoms with Crippen molar-refractivity contribution in [1.82, 2.24) is 0 Å². The second-order valence-electron chi connectivity index (χ2n) is 6.34. The Morgan fingerprint density at radius 3 is 2.53 bits per heavy atom. The van der Waals surface area contributed by atoms with E-state index in [0.29, 0.717) is 5.92 Å². The molecule has 0 nitrogen and oxygen atoms in total. The van der Waals surface area contributed by atoms with E-state index >= 15 is 0 Å². The van der Waals surface area contributed by atoms with Crippen molar-refractivity contribution in [3.63, 3.8) is 0 Å². The van der Waals surface area contributed by atoms with Gasteiger partial charge in [-0.1, -0.05) is 63.6 Å². The van der Waals surface area contributed by atoms with Gasteiger partial charge in [-0.3, -0.25) is 0 Å². The summed E-state index contributed by atoms with van der Waals surface area (Å²) in [5.41, 5.74) is 1.79. The van der Waals surface area contributed by atoms with Crippen molar-refractivity contribution in [3.8, 4) is 0 Å². The SMILES string of the molecule is C/C1=C/C[C@H](C)C/C=C\CC(C)(C)/C=C/[C@@H]1C. The Kier molecular flexibility index (Phi) is 5.24. The van der Waals surface area contributed by atoms with Crippen LogP contribution in [-0.4, -0.2) is 0 Å². The molecule has 0 heterocycles. The van der Waals surface area contributed by atoms with E-state index in [2.05, 4.69) is 65.0 Å². The van der Waals surface area contributed by atoms with E-state index in [0.717, 1.165) is 12.3 Å². The van der Waals surface area contributed by atoms with E-state index in [9.17, 15) is 0 Å². The van der Waals surface area contributed by atoms with Crippen LogP contribution >= 0.6 is 0 Å². The van der Waals surface area contributed by atoms with E-state index in [-0.39, 0.29) is 5.41 Å². The minimum absolute atomic E-state index is 0.285. The van der Waals surface area contributed by atoms with E-state index in [1.54, 1.807) is 0 Å². The van der Waals surface area contributed by atoms with Crippen LogP contribution in [0.1, 0.15) is 53.9 Å². The standard InChI is InChI=1S/C17H28/c1-14-8-6-7-12-17(4,5)13-11-16(3)15(2)10-9-14/h6-7,10-11,13-14,16H,8-9,12H2,1-5H3/b7-6-,13-11+,15-10-/t14-,16+/m1/s1. The Bertz CT molecular complexity index is 315. The quantitative estimate of drug-likeness (QED) is 0.482. The summed E-state index contributed by atoms with van der Waals surface area (Å²) in [5, 5.41) is 0. The van der Waals surface area contributed by atoms with Crippen LogP contribution in [0.5, 0.6) is 0 Å². The van der Waals surface area contributed by atoms with Crippen molar-refractivity contribution in [2.45, 2.75) is 53.9 Å². The van der Waals surface area contributed by atoms with Crippen LogP contribution in [0.3, 0.4) is 0 Å². The second kappa shape index (κ2) is 6.23. The first-order valence-electron chi connectivity index (χ1n) is 6.92. The Morgan fingerprint density at radius 1 is 1.12 bits per heavy atom. The molecule has 0 spiro atoms. The van der Waals surface area contributed by atoms with Gasteiger partial charge >= 0.3 is 0 Å². The molecule has 1 aliphatic rings. The van der Waals surface area contributed by atoms with Crippen LogP contribution in [0, 0.1) is 17.3 Å². The number of rotatable bonds is 0. The summed E-state index contributed by atoms with van der Waals surface area (Å²) >= 11 is 0.